The van der Waals surface area contributed by atoms with Crippen molar-refractivity contribution in [3.05, 3.63) is 54.1 Å². The normalized spacial score (nSPS) is 10.3. The molecular weight excluding hydrogens is 191 g/mol. The Morgan fingerprint density at radius 1 is 1.20 bits per heavy atom. The third-order valence-electron chi connectivity index (χ3n) is 2.22. The Labute approximate surface area is 87.6 Å². The van der Waals surface area contributed by atoms with Crippen molar-refractivity contribution in [2.75, 3.05) is 0 Å². The van der Waals surface area contributed by atoms with Gasteiger partial charge in [-0.2, -0.15) is 0 Å². The Morgan fingerprint density at radius 3 is 2.73 bits per heavy atom. The number of rotatable bonds is 2. The molecule has 0 radical (unpaired) electrons. The Morgan fingerprint density at radius 2 is 2.00 bits per heavy atom. The lowest BCUT2D eigenvalue weighted by Crippen LogP contribution is -1.97. The lowest BCUT2D eigenvalue weighted by molar-refractivity contribution is 0.631. The highest BCUT2D eigenvalue weighted by atomic mass is 19.1. The summed E-state index contributed by atoms with van der Waals surface area (Å²) in [6.45, 7) is 0.412. The molecule has 76 valence electrons. The molecule has 1 heterocycles. The van der Waals surface area contributed by atoms with Gasteiger partial charge in [0, 0.05) is 30.1 Å². The van der Waals surface area contributed by atoms with E-state index in [1.165, 1.54) is 6.07 Å². The van der Waals surface area contributed by atoms with Gasteiger partial charge in [0.25, 0.3) is 0 Å². The van der Waals surface area contributed by atoms with Gasteiger partial charge in [-0.1, -0.05) is 18.2 Å². The largest absolute Gasteiger partial charge is 0.326 e. The zero-order valence-electron chi connectivity index (χ0n) is 8.15. The van der Waals surface area contributed by atoms with E-state index in [9.17, 15) is 4.39 Å². The van der Waals surface area contributed by atoms with Crippen molar-refractivity contribution in [2.24, 2.45) is 5.73 Å². The number of nitrogens with zero attached hydrogens (tertiary/aromatic N) is 1. The Hall–Kier alpha value is -1.74. The van der Waals surface area contributed by atoms with Crippen LogP contribution in [0.15, 0.2) is 42.7 Å². The number of nitrogens with two attached hydrogens (primary N) is 1. The predicted molar refractivity (Wildman–Crippen MR) is 57.5 cm³/mol. The number of benzene rings is 1. The number of pyridine rings is 1. The van der Waals surface area contributed by atoms with Crippen LogP contribution in [0.25, 0.3) is 11.1 Å². The van der Waals surface area contributed by atoms with E-state index in [2.05, 4.69) is 4.98 Å². The van der Waals surface area contributed by atoms with Crippen molar-refractivity contribution in [2.45, 2.75) is 6.54 Å². The van der Waals surface area contributed by atoms with Gasteiger partial charge in [-0.3, -0.25) is 4.98 Å². The second-order valence-corrected chi connectivity index (χ2v) is 3.27. The summed E-state index contributed by atoms with van der Waals surface area (Å²) < 4.78 is 13.5. The van der Waals surface area contributed by atoms with E-state index in [-0.39, 0.29) is 5.82 Å². The fraction of sp³-hybridized carbons (Fsp3) is 0.0833. The van der Waals surface area contributed by atoms with E-state index < -0.39 is 0 Å². The van der Waals surface area contributed by atoms with Crippen LogP contribution >= 0.6 is 0 Å². The van der Waals surface area contributed by atoms with E-state index in [0.717, 1.165) is 11.1 Å². The molecule has 1 aromatic heterocycles. The van der Waals surface area contributed by atoms with Crippen LogP contribution in [-0.2, 0) is 6.54 Å². The minimum absolute atomic E-state index is 0.242. The van der Waals surface area contributed by atoms with Crippen LogP contribution < -0.4 is 5.73 Å². The summed E-state index contributed by atoms with van der Waals surface area (Å²) in [7, 11) is 0. The number of aromatic nitrogens is 1. The van der Waals surface area contributed by atoms with Crippen molar-refractivity contribution >= 4 is 0 Å². The highest BCUT2D eigenvalue weighted by Crippen LogP contribution is 2.22. The average molecular weight is 202 g/mol. The van der Waals surface area contributed by atoms with Crippen molar-refractivity contribution in [1.29, 1.82) is 0 Å². The molecule has 0 bridgehead atoms. The van der Waals surface area contributed by atoms with Crippen LogP contribution in [0.2, 0.25) is 0 Å². The number of halogens is 1. The summed E-state index contributed by atoms with van der Waals surface area (Å²) in [5, 5.41) is 0. The minimum Gasteiger partial charge on any atom is -0.326 e. The maximum atomic E-state index is 13.5. The third-order valence-corrected chi connectivity index (χ3v) is 2.22. The topological polar surface area (TPSA) is 38.9 Å². The van der Waals surface area contributed by atoms with E-state index >= 15 is 0 Å². The Kier molecular flexibility index (Phi) is 2.74. The lowest BCUT2D eigenvalue weighted by Gasteiger charge is -2.04. The summed E-state index contributed by atoms with van der Waals surface area (Å²) in [6.07, 6.45) is 3.32. The van der Waals surface area contributed by atoms with Gasteiger partial charge in [0.2, 0.25) is 0 Å². The fourth-order valence-electron chi connectivity index (χ4n) is 1.44. The summed E-state index contributed by atoms with van der Waals surface area (Å²) in [4.78, 5) is 4.03. The van der Waals surface area contributed by atoms with Gasteiger partial charge >= 0.3 is 0 Å². The molecule has 3 heteroatoms. The van der Waals surface area contributed by atoms with Crippen LogP contribution in [0.5, 0.6) is 0 Å². The molecule has 0 amide bonds. The first-order valence-corrected chi connectivity index (χ1v) is 4.70. The van der Waals surface area contributed by atoms with Crippen LogP contribution in [0.1, 0.15) is 5.56 Å². The first-order chi connectivity index (χ1) is 7.31. The molecule has 0 atom stereocenters. The highest BCUT2D eigenvalue weighted by molar-refractivity contribution is 5.63. The molecular formula is C12H11FN2. The molecule has 0 saturated heterocycles. The molecule has 0 fully saturated rings. The molecule has 2 N–H and O–H groups in total. The van der Waals surface area contributed by atoms with Crippen LogP contribution in [0.3, 0.4) is 0 Å². The van der Waals surface area contributed by atoms with Gasteiger partial charge in [0.1, 0.15) is 5.82 Å². The molecule has 0 saturated carbocycles. The van der Waals surface area contributed by atoms with Gasteiger partial charge in [0.15, 0.2) is 0 Å². The van der Waals surface area contributed by atoms with Crippen molar-refractivity contribution in [3.63, 3.8) is 0 Å². The van der Waals surface area contributed by atoms with Gasteiger partial charge in [0.05, 0.1) is 0 Å². The molecule has 1 aromatic carbocycles. The second-order valence-electron chi connectivity index (χ2n) is 3.27. The molecule has 0 unspecified atom stereocenters. The van der Waals surface area contributed by atoms with E-state index in [0.29, 0.717) is 12.1 Å². The van der Waals surface area contributed by atoms with Crippen molar-refractivity contribution < 1.29 is 4.39 Å². The molecule has 2 nitrogen and oxygen atoms in total. The molecule has 0 aliphatic carbocycles. The molecule has 2 aromatic rings. The van der Waals surface area contributed by atoms with Gasteiger partial charge < -0.3 is 5.73 Å². The zero-order valence-corrected chi connectivity index (χ0v) is 8.15. The van der Waals surface area contributed by atoms with Crippen LogP contribution in [0.4, 0.5) is 4.39 Å². The molecule has 2 rings (SSSR count). The summed E-state index contributed by atoms with van der Waals surface area (Å²) in [6, 6.07) is 8.48. The summed E-state index contributed by atoms with van der Waals surface area (Å²) in [5.41, 5.74) is 7.72. The van der Waals surface area contributed by atoms with E-state index in [1.807, 2.05) is 6.07 Å². The Bertz CT molecular complexity index is 469. The lowest BCUT2D eigenvalue weighted by atomic mass is 10.1. The minimum atomic E-state index is -0.242. The quantitative estimate of drug-likeness (QED) is 0.811. The Balaban J connectivity index is 2.49. The summed E-state index contributed by atoms with van der Waals surface area (Å²) in [5.74, 6) is -0.242. The molecule has 15 heavy (non-hydrogen) atoms. The number of hydrogen-bond donors (Lipinski definition) is 1. The van der Waals surface area contributed by atoms with Crippen molar-refractivity contribution in [1.82, 2.24) is 4.98 Å². The number of hydrogen-bond acceptors (Lipinski definition) is 2. The third kappa shape index (κ3) is 2.02. The van der Waals surface area contributed by atoms with E-state index in [4.69, 9.17) is 5.73 Å². The van der Waals surface area contributed by atoms with Crippen LogP contribution in [0, 0.1) is 5.82 Å². The molecule has 0 aliphatic rings. The smallest absolute Gasteiger partial charge is 0.131 e. The summed E-state index contributed by atoms with van der Waals surface area (Å²) >= 11 is 0. The highest BCUT2D eigenvalue weighted by Gasteiger charge is 2.04. The maximum absolute atomic E-state index is 13.5. The molecule has 0 aliphatic heterocycles. The van der Waals surface area contributed by atoms with Gasteiger partial charge in [-0.05, 0) is 17.7 Å². The second kappa shape index (κ2) is 4.19. The zero-order chi connectivity index (χ0) is 10.7. The first-order valence-electron chi connectivity index (χ1n) is 4.70. The standard InChI is InChI=1S/C12H11FN2/c13-12-4-2-1-3-11(12)10-5-9(6-14)7-15-8-10/h1-5,7-8H,6,14H2. The van der Waals surface area contributed by atoms with Crippen LogP contribution in [-0.4, -0.2) is 4.98 Å². The fourth-order valence-corrected chi connectivity index (χ4v) is 1.44. The predicted octanol–water partition coefficient (Wildman–Crippen LogP) is 2.35. The monoisotopic (exact) mass is 202 g/mol. The molecule has 0 spiro atoms. The van der Waals surface area contributed by atoms with Gasteiger partial charge in [-0.15, -0.1) is 0 Å². The van der Waals surface area contributed by atoms with Crippen molar-refractivity contribution in [3.8, 4) is 11.1 Å². The first kappa shape index (κ1) is 9.80. The van der Waals surface area contributed by atoms with E-state index in [1.54, 1.807) is 30.6 Å². The average Bonchev–Trinajstić information content (AvgIpc) is 2.30. The SMILES string of the molecule is NCc1cncc(-c2ccccc2F)c1. The maximum Gasteiger partial charge on any atom is 0.131 e. The van der Waals surface area contributed by atoms with Gasteiger partial charge in [-0.25, -0.2) is 4.39 Å².